The third-order valence-electron chi connectivity index (χ3n) is 2.76. The summed E-state index contributed by atoms with van der Waals surface area (Å²) in [6, 6.07) is 0. The quantitative estimate of drug-likeness (QED) is 0.727. The highest BCUT2D eigenvalue weighted by Gasteiger charge is 2.39. The van der Waals surface area contributed by atoms with E-state index in [9.17, 15) is 9.59 Å². The zero-order valence-electron chi connectivity index (χ0n) is 11.7. The number of rotatable bonds is 4. The Labute approximate surface area is 108 Å². The fraction of sp³-hybridized carbons (Fsp3) is 0.692. The Morgan fingerprint density at radius 3 is 2.39 bits per heavy atom. The van der Waals surface area contributed by atoms with Gasteiger partial charge in [-0.25, -0.2) is 0 Å². The van der Waals surface area contributed by atoms with Crippen LogP contribution in [-0.2, 0) is 14.3 Å². The molecule has 0 fully saturated rings. The normalized spacial score (nSPS) is 20.2. The highest BCUT2D eigenvalue weighted by Crippen LogP contribution is 2.29. The molecule has 5 heteroatoms. The van der Waals surface area contributed by atoms with E-state index >= 15 is 0 Å². The minimum atomic E-state index is -0.422. The van der Waals surface area contributed by atoms with E-state index < -0.39 is 11.5 Å². The lowest BCUT2D eigenvalue weighted by Gasteiger charge is -2.27. The lowest BCUT2D eigenvalue weighted by atomic mass is 9.96. The lowest BCUT2D eigenvalue weighted by molar-refractivity contribution is -0.143. The van der Waals surface area contributed by atoms with Gasteiger partial charge in [0.25, 0.3) is 0 Å². The van der Waals surface area contributed by atoms with Crippen molar-refractivity contribution in [2.45, 2.75) is 45.7 Å². The first kappa shape index (κ1) is 14.7. The van der Waals surface area contributed by atoms with Gasteiger partial charge in [-0.2, -0.15) is 0 Å². The van der Waals surface area contributed by atoms with Crippen LogP contribution in [0.5, 0.6) is 0 Å². The van der Waals surface area contributed by atoms with Crippen LogP contribution in [0.15, 0.2) is 11.6 Å². The van der Waals surface area contributed by atoms with Gasteiger partial charge in [-0.15, -0.1) is 0 Å². The van der Waals surface area contributed by atoms with E-state index in [1.54, 1.807) is 6.92 Å². The summed E-state index contributed by atoms with van der Waals surface area (Å²) in [5.41, 5.74) is 0.0271. The number of esters is 1. The highest BCUT2D eigenvalue weighted by atomic mass is 16.5. The molecule has 0 saturated heterocycles. The Bertz CT molecular complexity index is 384. The average molecular weight is 254 g/mol. The summed E-state index contributed by atoms with van der Waals surface area (Å²) < 4.78 is 4.76. The van der Waals surface area contributed by atoms with Gasteiger partial charge in [0.15, 0.2) is 0 Å². The summed E-state index contributed by atoms with van der Waals surface area (Å²) in [5, 5.41) is 5.92. The van der Waals surface area contributed by atoms with Gasteiger partial charge in [0.2, 0.25) is 5.91 Å². The van der Waals surface area contributed by atoms with Crippen molar-refractivity contribution in [3.63, 3.8) is 0 Å². The minimum absolute atomic E-state index is 0.0967. The predicted octanol–water partition coefficient (Wildman–Crippen LogP) is 0.752. The standard InChI is InChI=1S/C13H22N2O3/c1-6-18-10(16)8-14-11(17)9-7-12(2,3)15-13(9,4)5/h7,15H,6,8H2,1-5H3,(H,14,17). The molecular weight excluding hydrogens is 232 g/mol. The van der Waals surface area contributed by atoms with Gasteiger partial charge in [0, 0.05) is 16.7 Å². The fourth-order valence-electron chi connectivity index (χ4n) is 2.26. The van der Waals surface area contributed by atoms with E-state index in [1.807, 2.05) is 33.8 Å². The molecule has 0 radical (unpaired) electrons. The Balaban J connectivity index is 2.65. The third kappa shape index (κ3) is 3.57. The first-order chi connectivity index (χ1) is 8.18. The van der Waals surface area contributed by atoms with Gasteiger partial charge in [-0.3, -0.25) is 14.9 Å². The molecule has 1 rings (SSSR count). The van der Waals surface area contributed by atoms with Crippen LogP contribution in [0, 0.1) is 0 Å². The van der Waals surface area contributed by atoms with Crippen LogP contribution in [0.4, 0.5) is 0 Å². The maximum atomic E-state index is 12.0. The van der Waals surface area contributed by atoms with Crippen LogP contribution in [-0.4, -0.2) is 36.1 Å². The Morgan fingerprint density at radius 2 is 1.94 bits per heavy atom. The van der Waals surface area contributed by atoms with E-state index in [4.69, 9.17) is 4.74 Å². The fourth-order valence-corrected chi connectivity index (χ4v) is 2.26. The van der Waals surface area contributed by atoms with E-state index in [-0.39, 0.29) is 18.0 Å². The monoisotopic (exact) mass is 254 g/mol. The average Bonchev–Trinajstić information content (AvgIpc) is 2.44. The SMILES string of the molecule is CCOC(=O)CNC(=O)C1=CC(C)(C)NC1(C)C. The number of ether oxygens (including phenoxy) is 1. The van der Waals surface area contributed by atoms with Crippen LogP contribution >= 0.6 is 0 Å². The topological polar surface area (TPSA) is 67.4 Å². The van der Waals surface area contributed by atoms with Gasteiger partial charge in [0.1, 0.15) is 6.54 Å². The third-order valence-corrected chi connectivity index (χ3v) is 2.76. The molecular formula is C13H22N2O3. The van der Waals surface area contributed by atoms with Crippen molar-refractivity contribution in [3.05, 3.63) is 11.6 Å². The first-order valence-electron chi connectivity index (χ1n) is 6.14. The molecule has 0 saturated carbocycles. The van der Waals surface area contributed by atoms with E-state index in [0.717, 1.165) is 0 Å². The Hall–Kier alpha value is -1.36. The molecule has 1 aliphatic rings. The molecule has 0 aliphatic carbocycles. The molecule has 0 aromatic rings. The molecule has 0 spiro atoms. The van der Waals surface area contributed by atoms with Crippen molar-refractivity contribution in [2.24, 2.45) is 0 Å². The molecule has 102 valence electrons. The van der Waals surface area contributed by atoms with Gasteiger partial charge in [0.05, 0.1) is 6.61 Å². The van der Waals surface area contributed by atoms with Crippen molar-refractivity contribution in [1.82, 2.24) is 10.6 Å². The molecule has 0 unspecified atom stereocenters. The molecule has 0 aromatic heterocycles. The van der Waals surface area contributed by atoms with Crippen LogP contribution in [0.3, 0.4) is 0 Å². The van der Waals surface area contributed by atoms with E-state index in [1.165, 1.54) is 0 Å². The molecule has 1 amide bonds. The predicted molar refractivity (Wildman–Crippen MR) is 69.0 cm³/mol. The second-order valence-corrected chi connectivity index (χ2v) is 5.52. The second-order valence-electron chi connectivity index (χ2n) is 5.52. The second kappa shape index (κ2) is 5.10. The molecule has 18 heavy (non-hydrogen) atoms. The van der Waals surface area contributed by atoms with Crippen molar-refractivity contribution in [3.8, 4) is 0 Å². The minimum Gasteiger partial charge on any atom is -0.465 e. The maximum absolute atomic E-state index is 12.0. The van der Waals surface area contributed by atoms with Crippen molar-refractivity contribution >= 4 is 11.9 Å². The maximum Gasteiger partial charge on any atom is 0.325 e. The molecule has 0 atom stereocenters. The lowest BCUT2D eigenvalue weighted by Crippen LogP contribution is -2.48. The van der Waals surface area contributed by atoms with Crippen molar-refractivity contribution in [1.29, 1.82) is 0 Å². The summed E-state index contributed by atoms with van der Waals surface area (Å²) in [6.45, 7) is 9.84. The summed E-state index contributed by atoms with van der Waals surface area (Å²) in [7, 11) is 0. The van der Waals surface area contributed by atoms with Crippen LogP contribution in [0.2, 0.25) is 0 Å². The number of hydrogen-bond acceptors (Lipinski definition) is 4. The largest absolute Gasteiger partial charge is 0.465 e. The van der Waals surface area contributed by atoms with Crippen molar-refractivity contribution in [2.75, 3.05) is 13.2 Å². The Kier molecular flexibility index (Phi) is 4.16. The molecule has 1 heterocycles. The van der Waals surface area contributed by atoms with Gasteiger partial charge in [-0.1, -0.05) is 6.08 Å². The number of nitrogens with one attached hydrogen (secondary N) is 2. The van der Waals surface area contributed by atoms with E-state index in [2.05, 4.69) is 10.6 Å². The van der Waals surface area contributed by atoms with Crippen molar-refractivity contribution < 1.29 is 14.3 Å². The number of carbonyl (C=O) groups excluding carboxylic acids is 2. The molecule has 5 nitrogen and oxygen atoms in total. The zero-order chi connectivity index (χ0) is 14.0. The van der Waals surface area contributed by atoms with E-state index in [0.29, 0.717) is 12.2 Å². The van der Waals surface area contributed by atoms with Gasteiger partial charge in [-0.05, 0) is 34.6 Å². The smallest absolute Gasteiger partial charge is 0.325 e. The van der Waals surface area contributed by atoms with Gasteiger partial charge < -0.3 is 10.1 Å². The van der Waals surface area contributed by atoms with Gasteiger partial charge >= 0.3 is 5.97 Å². The molecule has 0 bridgehead atoms. The first-order valence-corrected chi connectivity index (χ1v) is 6.14. The number of hydrogen-bond donors (Lipinski definition) is 2. The summed E-state index contributed by atoms with van der Waals surface area (Å²) in [5.74, 6) is -0.652. The number of carbonyl (C=O) groups is 2. The van der Waals surface area contributed by atoms with Crippen LogP contribution in [0.1, 0.15) is 34.6 Å². The molecule has 1 aliphatic heterocycles. The van der Waals surface area contributed by atoms with Crippen LogP contribution in [0.25, 0.3) is 0 Å². The highest BCUT2D eigenvalue weighted by molar-refractivity contribution is 5.98. The summed E-state index contributed by atoms with van der Waals surface area (Å²) in [6.07, 6.45) is 1.90. The summed E-state index contributed by atoms with van der Waals surface area (Å²) in [4.78, 5) is 23.2. The number of amides is 1. The van der Waals surface area contributed by atoms with Crippen LogP contribution < -0.4 is 10.6 Å². The zero-order valence-corrected chi connectivity index (χ0v) is 11.7. The Morgan fingerprint density at radius 1 is 1.33 bits per heavy atom. The molecule has 2 N–H and O–H groups in total. The molecule has 0 aromatic carbocycles. The summed E-state index contributed by atoms with van der Waals surface area (Å²) >= 11 is 0.